The van der Waals surface area contributed by atoms with Gasteiger partial charge in [0.15, 0.2) is 6.29 Å². The predicted octanol–water partition coefficient (Wildman–Crippen LogP) is 11.5. The highest BCUT2D eigenvalue weighted by Gasteiger charge is 2.39. The quantitative estimate of drug-likeness (QED) is 0.0633. The number of aliphatic hydroxyl groups is 1. The number of benzene rings is 4. The van der Waals surface area contributed by atoms with Gasteiger partial charge in [-0.25, -0.2) is 0 Å². The van der Waals surface area contributed by atoms with E-state index in [1.807, 2.05) is 24.3 Å². The first kappa shape index (κ1) is 42.5. The molecule has 4 aromatic rings. The maximum atomic E-state index is 13.1. The molecule has 2 aliphatic heterocycles. The van der Waals surface area contributed by atoms with Crippen molar-refractivity contribution < 1.29 is 24.2 Å². The van der Waals surface area contributed by atoms with Crippen LogP contribution in [0.15, 0.2) is 97.1 Å². The van der Waals surface area contributed by atoms with Crippen molar-refractivity contribution >= 4 is 11.8 Å². The van der Waals surface area contributed by atoms with Crippen molar-refractivity contribution in [2.45, 2.75) is 129 Å². The van der Waals surface area contributed by atoms with Crippen LogP contribution >= 0.6 is 0 Å². The minimum Gasteiger partial charge on any atom is -0.392 e. The summed E-state index contributed by atoms with van der Waals surface area (Å²) >= 11 is 0. The number of imide groups is 1. The molecule has 0 spiro atoms. The van der Waals surface area contributed by atoms with Crippen LogP contribution in [0.2, 0.25) is 0 Å². The molecule has 57 heavy (non-hydrogen) atoms. The fraction of sp³-hybridized carbons (Fsp3) is 0.480. The summed E-state index contributed by atoms with van der Waals surface area (Å²) in [5.74, 6) is -0.396. The van der Waals surface area contributed by atoms with Crippen molar-refractivity contribution in [3.05, 3.63) is 130 Å². The minimum atomic E-state index is -0.569. The van der Waals surface area contributed by atoms with E-state index in [-0.39, 0.29) is 43.1 Å². The second-order valence-electron chi connectivity index (χ2n) is 16.2. The first-order chi connectivity index (χ1) is 27.9. The number of carbonyl (C=O) groups excluding carboxylic acids is 2. The lowest BCUT2D eigenvalue weighted by molar-refractivity contribution is -0.276. The van der Waals surface area contributed by atoms with Crippen molar-refractivity contribution in [2.24, 2.45) is 5.92 Å². The topological polar surface area (TPSA) is 79.3 Å². The molecule has 7 nitrogen and oxygen atoms in total. The van der Waals surface area contributed by atoms with Crippen molar-refractivity contribution in [1.82, 2.24) is 9.80 Å². The summed E-state index contributed by atoms with van der Waals surface area (Å²) in [6, 6.07) is 31.6. The van der Waals surface area contributed by atoms with E-state index in [2.05, 4.69) is 74.2 Å². The summed E-state index contributed by atoms with van der Waals surface area (Å²) in [6.45, 7) is 10.0. The lowest BCUT2D eigenvalue weighted by Crippen LogP contribution is -2.45. The zero-order valence-electron chi connectivity index (χ0n) is 34.5. The number of hydrogen-bond acceptors (Lipinski definition) is 6. The molecule has 4 atom stereocenters. The molecule has 4 unspecified atom stereocenters. The summed E-state index contributed by atoms with van der Waals surface area (Å²) < 4.78 is 13.9. The molecule has 2 amide bonds. The number of rotatable bonds is 22. The highest BCUT2D eigenvalue weighted by atomic mass is 16.7. The van der Waals surface area contributed by atoms with Gasteiger partial charge >= 0.3 is 0 Å². The van der Waals surface area contributed by atoms with Gasteiger partial charge in [0.1, 0.15) is 0 Å². The molecular weight excluding hydrogens is 709 g/mol. The van der Waals surface area contributed by atoms with Crippen LogP contribution in [0.3, 0.4) is 0 Å². The van der Waals surface area contributed by atoms with Gasteiger partial charge in [0.25, 0.3) is 11.8 Å². The van der Waals surface area contributed by atoms with Gasteiger partial charge in [-0.1, -0.05) is 158 Å². The zero-order valence-corrected chi connectivity index (χ0v) is 34.5. The predicted molar refractivity (Wildman–Crippen MR) is 229 cm³/mol. The molecule has 7 heteroatoms. The van der Waals surface area contributed by atoms with E-state index in [0.717, 1.165) is 53.0 Å². The van der Waals surface area contributed by atoms with E-state index in [1.54, 1.807) is 24.3 Å². The van der Waals surface area contributed by atoms with Crippen LogP contribution < -0.4 is 0 Å². The maximum absolute atomic E-state index is 13.1. The van der Waals surface area contributed by atoms with Gasteiger partial charge in [-0.2, -0.15) is 0 Å². The highest BCUT2D eigenvalue weighted by molar-refractivity contribution is 6.21. The molecule has 0 bridgehead atoms. The van der Waals surface area contributed by atoms with Crippen LogP contribution in [0.4, 0.5) is 0 Å². The Hall–Kier alpha value is -4.14. The SMILES string of the molecule is CCCCCCCCN(CCCCCCCC)CC1OC(c2cccc(-c3cccc(CN4C(=O)c5ccccc5C4=O)c3)c2)OC(c2ccc(CO)cc2)C1C. The summed E-state index contributed by atoms with van der Waals surface area (Å²) in [7, 11) is 0. The number of ether oxygens (including phenoxy) is 2. The van der Waals surface area contributed by atoms with Gasteiger partial charge in [0, 0.05) is 18.0 Å². The average Bonchev–Trinajstić information content (AvgIpc) is 3.48. The number of carbonyl (C=O) groups is 2. The Bertz CT molecular complexity index is 1820. The average molecular weight is 773 g/mol. The maximum Gasteiger partial charge on any atom is 0.261 e. The van der Waals surface area contributed by atoms with Crippen molar-refractivity contribution in [1.29, 1.82) is 0 Å². The molecule has 1 fully saturated rings. The van der Waals surface area contributed by atoms with Gasteiger partial charge in [0.05, 0.1) is 36.5 Å². The van der Waals surface area contributed by atoms with Crippen LogP contribution in [-0.4, -0.2) is 52.5 Å². The minimum absolute atomic E-state index is 0.00779. The van der Waals surface area contributed by atoms with Crippen molar-refractivity contribution in [3.8, 4) is 11.1 Å². The second-order valence-corrected chi connectivity index (χ2v) is 16.2. The third kappa shape index (κ3) is 11.3. The van der Waals surface area contributed by atoms with E-state index >= 15 is 0 Å². The smallest absolute Gasteiger partial charge is 0.261 e. The lowest BCUT2D eigenvalue weighted by atomic mass is 9.89. The number of fused-ring (bicyclic) bond motifs is 1. The molecule has 4 aromatic carbocycles. The standard InChI is InChI=1S/C50H64N2O5/c1-4-6-8-10-12-16-30-51(31-17-13-11-9-7-5-2)35-46-37(3)47(40-28-26-38(36-53)27-29-40)57-50(56-46)43-23-19-22-42(33-43)41-21-18-20-39(32-41)34-52-48(54)44-24-14-15-25-45(44)49(52)55/h14-15,18-29,32-33,37,46-47,50,53H,4-13,16-17,30-31,34-36H2,1-3H3. The van der Waals surface area contributed by atoms with Gasteiger partial charge in [-0.05, 0) is 78.0 Å². The Balaban J connectivity index is 1.21. The van der Waals surface area contributed by atoms with E-state index in [4.69, 9.17) is 9.47 Å². The largest absolute Gasteiger partial charge is 0.392 e. The molecule has 2 aliphatic rings. The van der Waals surface area contributed by atoms with Gasteiger partial charge < -0.3 is 19.5 Å². The van der Waals surface area contributed by atoms with E-state index < -0.39 is 6.29 Å². The number of amides is 2. The molecule has 0 aromatic heterocycles. The second kappa shape index (κ2) is 21.6. The summed E-state index contributed by atoms with van der Waals surface area (Å²) in [5.41, 5.74) is 6.73. The van der Waals surface area contributed by atoms with Crippen LogP contribution in [0, 0.1) is 5.92 Å². The molecule has 0 aliphatic carbocycles. The molecule has 1 N–H and O–H groups in total. The van der Waals surface area contributed by atoms with E-state index in [9.17, 15) is 14.7 Å². The van der Waals surface area contributed by atoms with Crippen molar-refractivity contribution in [2.75, 3.05) is 19.6 Å². The molecule has 6 rings (SSSR count). The highest BCUT2D eigenvalue weighted by Crippen LogP contribution is 2.42. The number of aliphatic hydroxyl groups excluding tert-OH is 1. The van der Waals surface area contributed by atoms with E-state index in [1.165, 1.54) is 81.9 Å². The Morgan fingerprint density at radius 1 is 0.614 bits per heavy atom. The third-order valence-electron chi connectivity index (χ3n) is 11.9. The Labute approximate surface area is 341 Å². The fourth-order valence-corrected chi connectivity index (χ4v) is 8.39. The summed E-state index contributed by atoms with van der Waals surface area (Å²) in [6.07, 6.45) is 14.6. The molecule has 0 saturated carbocycles. The van der Waals surface area contributed by atoms with Crippen LogP contribution in [0.5, 0.6) is 0 Å². The lowest BCUT2D eigenvalue weighted by Gasteiger charge is -2.43. The Kier molecular flexibility index (Phi) is 16.1. The van der Waals surface area contributed by atoms with Crippen LogP contribution in [0.1, 0.15) is 153 Å². The normalized spacial score (nSPS) is 19.4. The zero-order chi connectivity index (χ0) is 40.0. The van der Waals surface area contributed by atoms with Crippen LogP contribution in [0.25, 0.3) is 11.1 Å². The fourth-order valence-electron chi connectivity index (χ4n) is 8.39. The van der Waals surface area contributed by atoms with Gasteiger partial charge in [-0.3, -0.25) is 14.5 Å². The van der Waals surface area contributed by atoms with E-state index in [0.29, 0.717) is 11.1 Å². The van der Waals surface area contributed by atoms with Crippen molar-refractivity contribution in [3.63, 3.8) is 0 Å². The number of hydrogen-bond donors (Lipinski definition) is 1. The Morgan fingerprint density at radius 2 is 1.19 bits per heavy atom. The summed E-state index contributed by atoms with van der Waals surface area (Å²) in [4.78, 5) is 30.2. The first-order valence-electron chi connectivity index (χ1n) is 21.8. The first-order valence-corrected chi connectivity index (χ1v) is 21.8. The van der Waals surface area contributed by atoms with Gasteiger partial charge in [0.2, 0.25) is 0 Å². The molecule has 1 saturated heterocycles. The monoisotopic (exact) mass is 772 g/mol. The number of nitrogens with zero attached hydrogens (tertiary/aromatic N) is 2. The molecular formula is C50H64N2O5. The van der Waals surface area contributed by atoms with Gasteiger partial charge in [-0.15, -0.1) is 0 Å². The molecule has 0 radical (unpaired) electrons. The number of unbranched alkanes of at least 4 members (excludes halogenated alkanes) is 10. The van der Waals surface area contributed by atoms with Crippen LogP contribution in [-0.2, 0) is 22.6 Å². The Morgan fingerprint density at radius 3 is 1.81 bits per heavy atom. The summed E-state index contributed by atoms with van der Waals surface area (Å²) in [5, 5.41) is 9.76. The molecule has 304 valence electrons. The molecule has 2 heterocycles. The third-order valence-corrected chi connectivity index (χ3v) is 11.9.